The van der Waals surface area contributed by atoms with Crippen LogP contribution in [0.3, 0.4) is 0 Å². The molecule has 3 saturated heterocycles. The molecule has 3 N–H and O–H groups in total. The van der Waals surface area contributed by atoms with Gasteiger partial charge in [0.2, 0.25) is 0 Å². The number of halogens is 1. The molecule has 3 aliphatic rings. The van der Waals surface area contributed by atoms with Crippen LogP contribution in [0.25, 0.3) is 0 Å². The molecule has 0 saturated carbocycles. The summed E-state index contributed by atoms with van der Waals surface area (Å²) in [6.07, 6.45) is 6.45. The average molecular weight is 577 g/mol. The smallest absolute Gasteiger partial charge is 0.0635 e. The number of nitrogens with one attached hydrogen (secondary N) is 3. The Hall–Kier alpha value is 0.490. The zero-order valence-electron chi connectivity index (χ0n) is 22.3. The SMILES string of the molecule is CCC1CN([C@H](C)CCC[C@H]2CN(C(C)C)CC(C[C@H](I)N3CC(C)NC(C)C3)N2)CCN1. The van der Waals surface area contributed by atoms with Crippen molar-refractivity contribution in [2.75, 3.05) is 45.8 Å². The number of piperazine rings is 3. The summed E-state index contributed by atoms with van der Waals surface area (Å²) in [5.41, 5.74) is 0. The molecule has 0 aromatic rings. The van der Waals surface area contributed by atoms with E-state index in [2.05, 4.69) is 94.8 Å². The van der Waals surface area contributed by atoms with Crippen molar-refractivity contribution in [1.29, 1.82) is 0 Å². The molecule has 0 aliphatic carbocycles. The van der Waals surface area contributed by atoms with Crippen LogP contribution in [0, 0.1) is 0 Å². The first-order valence-electron chi connectivity index (χ1n) is 13.9. The highest BCUT2D eigenvalue weighted by Crippen LogP contribution is 2.23. The third kappa shape index (κ3) is 8.83. The van der Waals surface area contributed by atoms with Gasteiger partial charge in [-0.1, -0.05) is 35.9 Å². The van der Waals surface area contributed by atoms with Gasteiger partial charge in [-0.05, 0) is 60.3 Å². The quantitative estimate of drug-likeness (QED) is 0.211. The Balaban J connectivity index is 1.47. The van der Waals surface area contributed by atoms with Crippen LogP contribution < -0.4 is 16.0 Å². The van der Waals surface area contributed by atoms with Crippen LogP contribution in [0.5, 0.6) is 0 Å². The minimum atomic E-state index is 0.593. The maximum atomic E-state index is 4.09. The molecule has 0 amide bonds. The molecule has 0 spiro atoms. The lowest BCUT2D eigenvalue weighted by Crippen LogP contribution is -2.60. The van der Waals surface area contributed by atoms with Crippen molar-refractivity contribution in [3.8, 4) is 0 Å². The van der Waals surface area contributed by atoms with E-state index in [1.165, 1.54) is 71.4 Å². The molecule has 7 heteroatoms. The molecule has 6 nitrogen and oxygen atoms in total. The largest absolute Gasteiger partial charge is 0.311 e. The van der Waals surface area contributed by atoms with Gasteiger partial charge in [0.25, 0.3) is 0 Å². The fraction of sp³-hybridized carbons (Fsp3) is 1.00. The van der Waals surface area contributed by atoms with Gasteiger partial charge in [-0.3, -0.25) is 14.7 Å². The van der Waals surface area contributed by atoms with E-state index in [-0.39, 0.29) is 0 Å². The van der Waals surface area contributed by atoms with Crippen molar-refractivity contribution in [2.45, 2.75) is 120 Å². The first-order chi connectivity index (χ1) is 15.7. The molecule has 194 valence electrons. The molecule has 7 atom stereocenters. The second-order valence-corrected chi connectivity index (χ2v) is 13.0. The maximum Gasteiger partial charge on any atom is 0.0635 e. The van der Waals surface area contributed by atoms with Gasteiger partial charge in [0, 0.05) is 88.1 Å². The van der Waals surface area contributed by atoms with Gasteiger partial charge in [-0.25, -0.2) is 0 Å². The molecular formula is C26H53IN6. The van der Waals surface area contributed by atoms with Gasteiger partial charge in [0.15, 0.2) is 0 Å². The second kappa shape index (κ2) is 13.7. The van der Waals surface area contributed by atoms with Crippen LogP contribution in [0.1, 0.15) is 73.6 Å². The van der Waals surface area contributed by atoms with Gasteiger partial charge in [0.1, 0.15) is 0 Å². The summed E-state index contributed by atoms with van der Waals surface area (Å²) in [5.74, 6) is 0. The summed E-state index contributed by atoms with van der Waals surface area (Å²) in [6.45, 7) is 22.5. The van der Waals surface area contributed by atoms with Gasteiger partial charge in [-0.15, -0.1) is 0 Å². The topological polar surface area (TPSA) is 45.8 Å². The Morgan fingerprint density at radius 3 is 2.18 bits per heavy atom. The van der Waals surface area contributed by atoms with Crippen molar-refractivity contribution in [2.24, 2.45) is 0 Å². The minimum Gasteiger partial charge on any atom is -0.311 e. The normalized spacial score (nSPS) is 35.1. The van der Waals surface area contributed by atoms with Crippen LogP contribution in [0.2, 0.25) is 0 Å². The molecule has 0 bridgehead atoms. The van der Waals surface area contributed by atoms with Gasteiger partial charge < -0.3 is 16.0 Å². The van der Waals surface area contributed by atoms with Crippen LogP contribution in [0.4, 0.5) is 0 Å². The monoisotopic (exact) mass is 576 g/mol. The predicted octanol–water partition coefficient (Wildman–Crippen LogP) is 3.11. The number of rotatable bonds is 10. The third-order valence-corrected chi connectivity index (χ3v) is 9.45. The highest BCUT2D eigenvalue weighted by Gasteiger charge is 2.32. The summed E-state index contributed by atoms with van der Waals surface area (Å²) in [7, 11) is 0. The minimum absolute atomic E-state index is 0.593. The van der Waals surface area contributed by atoms with E-state index in [0.29, 0.717) is 46.3 Å². The molecule has 0 aromatic carbocycles. The lowest BCUT2D eigenvalue weighted by molar-refractivity contribution is 0.100. The highest BCUT2D eigenvalue weighted by atomic mass is 127. The van der Waals surface area contributed by atoms with Crippen LogP contribution >= 0.6 is 22.6 Å². The van der Waals surface area contributed by atoms with Gasteiger partial charge >= 0.3 is 0 Å². The molecule has 3 heterocycles. The zero-order valence-corrected chi connectivity index (χ0v) is 24.5. The summed E-state index contributed by atoms with van der Waals surface area (Å²) < 4.78 is 0.610. The molecule has 3 fully saturated rings. The van der Waals surface area contributed by atoms with E-state index in [1.54, 1.807) is 0 Å². The Labute approximate surface area is 218 Å². The van der Waals surface area contributed by atoms with E-state index in [4.69, 9.17) is 0 Å². The summed E-state index contributed by atoms with van der Waals surface area (Å²) in [6, 6.07) is 4.45. The average Bonchev–Trinajstić information content (AvgIpc) is 2.78. The highest BCUT2D eigenvalue weighted by molar-refractivity contribution is 14.1. The van der Waals surface area contributed by atoms with Crippen molar-refractivity contribution in [3.05, 3.63) is 0 Å². The van der Waals surface area contributed by atoms with Gasteiger partial charge in [0.05, 0.1) is 4.05 Å². The Kier molecular flexibility index (Phi) is 11.7. The molecule has 3 aliphatic heterocycles. The fourth-order valence-corrected chi connectivity index (χ4v) is 7.24. The summed E-state index contributed by atoms with van der Waals surface area (Å²) >= 11 is 2.71. The number of hydrogen-bond acceptors (Lipinski definition) is 6. The molecular weight excluding hydrogens is 523 g/mol. The Bertz CT molecular complexity index is 553. The summed E-state index contributed by atoms with van der Waals surface area (Å²) in [4.78, 5) is 8.15. The predicted molar refractivity (Wildman–Crippen MR) is 150 cm³/mol. The van der Waals surface area contributed by atoms with E-state index in [9.17, 15) is 0 Å². The first-order valence-corrected chi connectivity index (χ1v) is 15.1. The van der Waals surface area contributed by atoms with Crippen molar-refractivity contribution in [3.63, 3.8) is 0 Å². The zero-order chi connectivity index (χ0) is 24.0. The third-order valence-electron chi connectivity index (χ3n) is 8.15. The van der Waals surface area contributed by atoms with Crippen molar-refractivity contribution >= 4 is 22.6 Å². The number of nitrogens with zero attached hydrogens (tertiary/aromatic N) is 3. The molecule has 33 heavy (non-hydrogen) atoms. The standard InChI is InChI=1S/C26H53IN6/c1-7-23-16-31(12-11-28-23)22(6)9-8-10-24-17-32(19(2)3)18-25(30-24)13-26(27)33-14-20(4)29-21(5)15-33/h19-26,28-30H,7-18H2,1-6H3/t20?,21?,22-,23?,24+,25?,26-/m1/s1. The first kappa shape index (κ1) is 28.1. The van der Waals surface area contributed by atoms with E-state index >= 15 is 0 Å². The van der Waals surface area contributed by atoms with Crippen molar-refractivity contribution < 1.29 is 0 Å². The summed E-state index contributed by atoms with van der Waals surface area (Å²) in [5, 5.41) is 11.4. The lowest BCUT2D eigenvalue weighted by Gasteiger charge is -2.44. The van der Waals surface area contributed by atoms with E-state index < -0.39 is 0 Å². The van der Waals surface area contributed by atoms with Gasteiger partial charge in [-0.2, -0.15) is 0 Å². The van der Waals surface area contributed by atoms with E-state index in [1.807, 2.05) is 0 Å². The molecule has 0 radical (unpaired) electrons. The molecule has 4 unspecified atom stereocenters. The Morgan fingerprint density at radius 1 is 0.848 bits per heavy atom. The fourth-order valence-electron chi connectivity index (χ4n) is 6.17. The van der Waals surface area contributed by atoms with E-state index in [0.717, 1.165) is 6.54 Å². The number of hydrogen-bond donors (Lipinski definition) is 3. The van der Waals surface area contributed by atoms with Crippen LogP contribution in [-0.2, 0) is 0 Å². The number of alkyl halides is 1. The van der Waals surface area contributed by atoms with Crippen LogP contribution in [0.15, 0.2) is 0 Å². The molecule has 0 aromatic heterocycles. The molecule has 3 rings (SSSR count). The maximum absolute atomic E-state index is 4.09. The lowest BCUT2D eigenvalue weighted by atomic mass is 9.98. The van der Waals surface area contributed by atoms with Crippen molar-refractivity contribution in [1.82, 2.24) is 30.7 Å². The second-order valence-electron chi connectivity index (χ2n) is 11.5. The Morgan fingerprint density at radius 2 is 1.52 bits per heavy atom. The van der Waals surface area contributed by atoms with Crippen LogP contribution in [-0.4, -0.2) is 107 Å².